The van der Waals surface area contributed by atoms with Gasteiger partial charge in [0.1, 0.15) is 0 Å². The Balaban J connectivity index is 1.87. The summed E-state index contributed by atoms with van der Waals surface area (Å²) >= 11 is 0. The van der Waals surface area contributed by atoms with E-state index in [-0.39, 0.29) is 24.8 Å². The van der Waals surface area contributed by atoms with Crippen LogP contribution in [-0.4, -0.2) is 39.7 Å². The van der Waals surface area contributed by atoms with E-state index in [1.807, 2.05) is 30.3 Å². The summed E-state index contributed by atoms with van der Waals surface area (Å²) < 4.78 is 15.8. The minimum Gasteiger partial charge on any atom is -0.493 e. The van der Waals surface area contributed by atoms with Crippen molar-refractivity contribution in [3.63, 3.8) is 0 Å². The molecule has 7 nitrogen and oxygen atoms in total. The predicted octanol–water partition coefficient (Wildman–Crippen LogP) is 1.69. The lowest BCUT2D eigenvalue weighted by Crippen LogP contribution is -2.37. The number of rotatable bonds is 9. The van der Waals surface area contributed by atoms with Gasteiger partial charge in [0.2, 0.25) is 17.6 Å². The fraction of sp³-hybridized carbons (Fsp3) is 0.300. The minimum atomic E-state index is -0.279. The summed E-state index contributed by atoms with van der Waals surface area (Å²) in [6, 6.07) is 13.0. The molecule has 2 aromatic carbocycles. The van der Waals surface area contributed by atoms with E-state index < -0.39 is 0 Å². The average molecular weight is 372 g/mol. The quantitative estimate of drug-likeness (QED) is 0.700. The van der Waals surface area contributed by atoms with Gasteiger partial charge in [-0.15, -0.1) is 0 Å². The molecule has 0 radical (unpaired) electrons. The molecule has 0 bridgehead atoms. The number of hydrogen-bond acceptors (Lipinski definition) is 5. The van der Waals surface area contributed by atoms with Gasteiger partial charge < -0.3 is 24.8 Å². The Kier molecular flexibility index (Phi) is 7.49. The van der Waals surface area contributed by atoms with Gasteiger partial charge in [0.05, 0.1) is 34.3 Å². The van der Waals surface area contributed by atoms with Crippen molar-refractivity contribution in [3.8, 4) is 17.2 Å². The first-order chi connectivity index (χ1) is 13.1. The smallest absolute Gasteiger partial charge is 0.239 e. The van der Waals surface area contributed by atoms with Gasteiger partial charge in [-0.2, -0.15) is 0 Å². The van der Waals surface area contributed by atoms with Gasteiger partial charge in [-0.1, -0.05) is 30.3 Å². The molecule has 0 atom stereocenters. The average Bonchev–Trinajstić information content (AvgIpc) is 2.70. The molecule has 27 heavy (non-hydrogen) atoms. The third kappa shape index (κ3) is 5.91. The molecular formula is C20H24N2O5. The molecule has 0 saturated heterocycles. The highest BCUT2D eigenvalue weighted by Crippen LogP contribution is 2.38. The third-order valence-corrected chi connectivity index (χ3v) is 3.87. The topological polar surface area (TPSA) is 85.9 Å². The van der Waals surface area contributed by atoms with E-state index in [9.17, 15) is 9.59 Å². The fourth-order valence-corrected chi connectivity index (χ4v) is 2.52. The molecule has 2 amide bonds. The fourth-order valence-electron chi connectivity index (χ4n) is 2.52. The first-order valence-electron chi connectivity index (χ1n) is 8.43. The van der Waals surface area contributed by atoms with Crippen molar-refractivity contribution in [1.82, 2.24) is 10.6 Å². The van der Waals surface area contributed by atoms with E-state index in [0.717, 1.165) is 5.56 Å². The summed E-state index contributed by atoms with van der Waals surface area (Å²) in [6.45, 7) is 0.332. The molecule has 0 aliphatic heterocycles. The first-order valence-corrected chi connectivity index (χ1v) is 8.43. The number of methoxy groups -OCH3 is 3. The largest absolute Gasteiger partial charge is 0.493 e. The second-order valence-electron chi connectivity index (χ2n) is 5.75. The Morgan fingerprint density at radius 3 is 2.00 bits per heavy atom. The Morgan fingerprint density at radius 2 is 1.44 bits per heavy atom. The molecule has 2 rings (SSSR count). The number of amides is 2. The van der Waals surface area contributed by atoms with Gasteiger partial charge >= 0.3 is 0 Å². The van der Waals surface area contributed by atoms with Crippen molar-refractivity contribution in [1.29, 1.82) is 0 Å². The van der Waals surface area contributed by atoms with Crippen LogP contribution in [0.4, 0.5) is 0 Å². The van der Waals surface area contributed by atoms with Gasteiger partial charge in [-0.3, -0.25) is 9.59 Å². The van der Waals surface area contributed by atoms with Crippen LogP contribution in [0, 0.1) is 0 Å². The maximum atomic E-state index is 12.1. The van der Waals surface area contributed by atoms with Crippen LogP contribution in [0.5, 0.6) is 17.2 Å². The molecule has 144 valence electrons. The van der Waals surface area contributed by atoms with Crippen LogP contribution in [0.2, 0.25) is 0 Å². The molecule has 0 fully saturated rings. The number of benzene rings is 2. The molecule has 0 spiro atoms. The number of hydrogen-bond donors (Lipinski definition) is 2. The van der Waals surface area contributed by atoms with E-state index >= 15 is 0 Å². The monoisotopic (exact) mass is 372 g/mol. The summed E-state index contributed by atoms with van der Waals surface area (Å²) in [5.41, 5.74) is 1.68. The normalized spacial score (nSPS) is 10.0. The summed E-state index contributed by atoms with van der Waals surface area (Å²) in [7, 11) is 4.54. The predicted molar refractivity (Wildman–Crippen MR) is 101 cm³/mol. The maximum Gasteiger partial charge on any atom is 0.239 e. The molecule has 0 heterocycles. The van der Waals surface area contributed by atoms with Crippen LogP contribution >= 0.6 is 0 Å². The molecule has 0 aliphatic rings. The standard InChI is InChI=1S/C20H24N2O5/c1-25-16-9-15(10-17(26-2)20(16)27-3)11-18(23)22-13-19(24)21-12-14-7-5-4-6-8-14/h4-10H,11-13H2,1-3H3,(H,21,24)(H,22,23). The number of nitrogens with one attached hydrogen (secondary N) is 2. The SMILES string of the molecule is COc1cc(CC(=O)NCC(=O)NCc2ccccc2)cc(OC)c1OC. The van der Waals surface area contributed by atoms with Gasteiger partial charge in [0.25, 0.3) is 0 Å². The lowest BCUT2D eigenvalue weighted by atomic mass is 10.1. The van der Waals surface area contributed by atoms with E-state index in [0.29, 0.717) is 29.4 Å². The lowest BCUT2D eigenvalue weighted by Gasteiger charge is -2.14. The highest BCUT2D eigenvalue weighted by molar-refractivity contribution is 5.85. The summed E-state index contributed by atoms with van der Waals surface area (Å²) in [4.78, 5) is 24.0. The van der Waals surface area contributed by atoms with Crippen molar-refractivity contribution in [2.24, 2.45) is 0 Å². The molecule has 0 unspecified atom stereocenters. The van der Waals surface area contributed by atoms with Crippen LogP contribution in [0.1, 0.15) is 11.1 Å². The second kappa shape index (κ2) is 10.1. The van der Waals surface area contributed by atoms with Crippen LogP contribution < -0.4 is 24.8 Å². The van der Waals surface area contributed by atoms with E-state index in [4.69, 9.17) is 14.2 Å². The molecule has 2 N–H and O–H groups in total. The zero-order valence-corrected chi connectivity index (χ0v) is 15.7. The molecule has 7 heteroatoms. The molecule has 0 aromatic heterocycles. The van der Waals surface area contributed by atoms with Crippen LogP contribution in [0.3, 0.4) is 0 Å². The second-order valence-corrected chi connectivity index (χ2v) is 5.75. The Hall–Kier alpha value is -3.22. The van der Waals surface area contributed by atoms with Gasteiger partial charge in [0, 0.05) is 6.54 Å². The Morgan fingerprint density at radius 1 is 0.815 bits per heavy atom. The van der Waals surface area contributed by atoms with Crippen molar-refractivity contribution < 1.29 is 23.8 Å². The van der Waals surface area contributed by atoms with Crippen LogP contribution in [0.15, 0.2) is 42.5 Å². The number of ether oxygens (including phenoxy) is 3. The van der Waals surface area contributed by atoms with E-state index in [1.54, 1.807) is 12.1 Å². The number of carbonyl (C=O) groups is 2. The van der Waals surface area contributed by atoms with Crippen molar-refractivity contribution >= 4 is 11.8 Å². The molecular weight excluding hydrogens is 348 g/mol. The highest BCUT2D eigenvalue weighted by Gasteiger charge is 2.15. The molecule has 0 aliphatic carbocycles. The minimum absolute atomic E-state index is 0.0860. The van der Waals surface area contributed by atoms with Gasteiger partial charge in [0.15, 0.2) is 11.5 Å². The van der Waals surface area contributed by atoms with E-state index in [2.05, 4.69) is 10.6 Å². The maximum absolute atomic E-state index is 12.1. The zero-order valence-electron chi connectivity index (χ0n) is 15.7. The number of carbonyl (C=O) groups excluding carboxylic acids is 2. The van der Waals surface area contributed by atoms with Crippen molar-refractivity contribution in [3.05, 3.63) is 53.6 Å². The zero-order chi connectivity index (χ0) is 19.6. The lowest BCUT2D eigenvalue weighted by molar-refractivity contribution is -0.125. The van der Waals surface area contributed by atoms with Crippen molar-refractivity contribution in [2.45, 2.75) is 13.0 Å². The summed E-state index contributed by atoms with van der Waals surface area (Å²) in [5, 5.41) is 5.37. The summed E-state index contributed by atoms with van der Waals surface area (Å²) in [5.74, 6) is 0.876. The molecule has 0 saturated carbocycles. The van der Waals surface area contributed by atoms with E-state index in [1.165, 1.54) is 21.3 Å². The van der Waals surface area contributed by atoms with Crippen molar-refractivity contribution in [2.75, 3.05) is 27.9 Å². The third-order valence-electron chi connectivity index (χ3n) is 3.87. The highest BCUT2D eigenvalue weighted by atomic mass is 16.5. The van der Waals surface area contributed by atoms with Crippen LogP contribution in [0.25, 0.3) is 0 Å². The molecule has 2 aromatic rings. The van der Waals surface area contributed by atoms with Gasteiger partial charge in [-0.05, 0) is 23.3 Å². The Labute approximate surface area is 158 Å². The van der Waals surface area contributed by atoms with Gasteiger partial charge in [-0.25, -0.2) is 0 Å². The summed E-state index contributed by atoms with van der Waals surface area (Å²) in [6.07, 6.45) is 0.0860. The van der Waals surface area contributed by atoms with Crippen LogP contribution in [-0.2, 0) is 22.6 Å². The Bertz CT molecular complexity index is 752. The first kappa shape index (κ1) is 20.1.